The molecule has 0 spiro atoms. The Morgan fingerprint density at radius 2 is 2.00 bits per heavy atom. The molecule has 0 radical (unpaired) electrons. The molecule has 2 rings (SSSR count). The average Bonchev–Trinajstić information content (AvgIpc) is 3.02. The molecule has 1 aliphatic rings. The van der Waals surface area contributed by atoms with Crippen molar-refractivity contribution in [1.82, 2.24) is 5.32 Å². The van der Waals surface area contributed by atoms with E-state index in [1.165, 1.54) is 11.3 Å². The van der Waals surface area contributed by atoms with Crippen LogP contribution in [0, 0.1) is 13.8 Å². The fraction of sp³-hybridized carbons (Fsp3) is 0.500. The molecular weight excluding hydrogens is 268 g/mol. The number of thiophene rings is 1. The summed E-state index contributed by atoms with van der Waals surface area (Å²) >= 11 is 1.24. The fourth-order valence-electron chi connectivity index (χ4n) is 1.82. The van der Waals surface area contributed by atoms with Crippen LogP contribution in [0.15, 0.2) is 0 Å². The Morgan fingerprint density at radius 1 is 1.37 bits per heavy atom. The number of rotatable bonds is 4. The molecule has 0 unspecified atom stereocenters. The van der Waals surface area contributed by atoms with Crippen LogP contribution in [0.4, 0.5) is 9.80 Å². The minimum atomic E-state index is -1.06. The Labute approximate surface area is 114 Å². The van der Waals surface area contributed by atoms with E-state index >= 15 is 0 Å². The number of carbonyl (C=O) groups is 2. The molecule has 0 aliphatic heterocycles. The van der Waals surface area contributed by atoms with Gasteiger partial charge in [0.25, 0.3) is 0 Å². The maximum Gasteiger partial charge on any atom is 0.338 e. The van der Waals surface area contributed by atoms with Crippen LogP contribution in [-0.4, -0.2) is 34.4 Å². The molecule has 6 nitrogen and oxygen atoms in total. The minimum Gasteiger partial charge on any atom is -0.478 e. The van der Waals surface area contributed by atoms with Crippen LogP contribution in [0.5, 0.6) is 0 Å². The largest absolute Gasteiger partial charge is 0.478 e. The lowest BCUT2D eigenvalue weighted by atomic mass is 10.1. The van der Waals surface area contributed by atoms with Gasteiger partial charge in [0, 0.05) is 4.88 Å². The topological polar surface area (TPSA) is 98.7 Å². The Balaban J connectivity index is 2.13. The zero-order valence-corrected chi connectivity index (χ0v) is 11.6. The van der Waals surface area contributed by atoms with Gasteiger partial charge >= 0.3 is 12.0 Å². The summed E-state index contributed by atoms with van der Waals surface area (Å²) in [7, 11) is 0. The predicted molar refractivity (Wildman–Crippen MR) is 72.0 cm³/mol. The first-order chi connectivity index (χ1) is 8.88. The third-order valence-electron chi connectivity index (χ3n) is 3.36. The molecule has 0 atom stereocenters. The lowest BCUT2D eigenvalue weighted by molar-refractivity contribution is 0.0697. The van der Waals surface area contributed by atoms with E-state index in [1.54, 1.807) is 6.92 Å². The van der Waals surface area contributed by atoms with E-state index < -0.39 is 17.5 Å². The molecule has 0 saturated heterocycles. The smallest absolute Gasteiger partial charge is 0.338 e. The van der Waals surface area contributed by atoms with E-state index in [1.807, 2.05) is 6.92 Å². The Hall–Kier alpha value is -1.60. The van der Waals surface area contributed by atoms with Crippen LogP contribution in [0.3, 0.4) is 0 Å². The van der Waals surface area contributed by atoms with Crippen LogP contribution >= 0.6 is 11.3 Å². The standard InChI is InChI=1S/C12H16N2O4S/c1-6-7(2)19-9(8(6)10(16)17)13-11(18)14-12(5-15)3-4-12/h15H,3-5H2,1-2H3,(H,16,17)(H2,13,14,18). The first-order valence-corrected chi connectivity index (χ1v) is 6.73. The van der Waals surface area contributed by atoms with E-state index in [-0.39, 0.29) is 12.2 Å². The van der Waals surface area contributed by atoms with Crippen molar-refractivity contribution < 1.29 is 19.8 Å². The van der Waals surface area contributed by atoms with Crippen molar-refractivity contribution in [3.8, 4) is 0 Å². The van der Waals surface area contributed by atoms with Crippen molar-refractivity contribution >= 4 is 28.3 Å². The number of carbonyl (C=O) groups excluding carboxylic acids is 1. The molecule has 1 fully saturated rings. The van der Waals surface area contributed by atoms with Crippen LogP contribution in [0.1, 0.15) is 33.6 Å². The quantitative estimate of drug-likeness (QED) is 0.676. The van der Waals surface area contributed by atoms with Gasteiger partial charge in [-0.15, -0.1) is 11.3 Å². The number of aromatic carboxylic acids is 1. The van der Waals surface area contributed by atoms with Crippen LogP contribution in [0.2, 0.25) is 0 Å². The molecule has 19 heavy (non-hydrogen) atoms. The number of urea groups is 1. The second kappa shape index (κ2) is 4.82. The second-order valence-electron chi connectivity index (χ2n) is 4.81. The molecular formula is C12H16N2O4S. The summed E-state index contributed by atoms with van der Waals surface area (Å²) in [6.45, 7) is 3.43. The fourth-order valence-corrected chi connectivity index (χ4v) is 2.87. The number of amides is 2. The molecule has 104 valence electrons. The van der Waals surface area contributed by atoms with Gasteiger partial charge in [0.05, 0.1) is 17.7 Å². The molecule has 1 heterocycles. The Bertz CT molecular complexity index is 534. The van der Waals surface area contributed by atoms with Gasteiger partial charge in [-0.2, -0.15) is 0 Å². The molecule has 4 N–H and O–H groups in total. The van der Waals surface area contributed by atoms with Gasteiger partial charge in [0.15, 0.2) is 0 Å². The first kappa shape index (κ1) is 13.8. The van der Waals surface area contributed by atoms with E-state index in [2.05, 4.69) is 10.6 Å². The maximum absolute atomic E-state index is 11.8. The number of aliphatic hydroxyl groups is 1. The Kier molecular flexibility index (Phi) is 3.51. The molecule has 0 aromatic carbocycles. The summed E-state index contributed by atoms with van der Waals surface area (Å²) in [4.78, 5) is 23.8. The van der Waals surface area contributed by atoms with Crippen molar-refractivity contribution in [3.05, 3.63) is 16.0 Å². The van der Waals surface area contributed by atoms with E-state index in [4.69, 9.17) is 10.2 Å². The van der Waals surface area contributed by atoms with Gasteiger partial charge in [0.1, 0.15) is 5.00 Å². The molecule has 0 bridgehead atoms. The first-order valence-electron chi connectivity index (χ1n) is 5.92. The highest BCUT2D eigenvalue weighted by Gasteiger charge is 2.43. The van der Waals surface area contributed by atoms with Gasteiger partial charge in [-0.3, -0.25) is 5.32 Å². The van der Waals surface area contributed by atoms with Crippen molar-refractivity contribution in [1.29, 1.82) is 0 Å². The third kappa shape index (κ3) is 2.71. The highest BCUT2D eigenvalue weighted by Crippen LogP contribution is 2.35. The normalized spacial score (nSPS) is 15.9. The van der Waals surface area contributed by atoms with E-state index in [0.29, 0.717) is 10.6 Å². The zero-order valence-electron chi connectivity index (χ0n) is 10.7. The van der Waals surface area contributed by atoms with E-state index in [9.17, 15) is 9.59 Å². The van der Waals surface area contributed by atoms with Crippen LogP contribution in [-0.2, 0) is 0 Å². The highest BCUT2D eigenvalue weighted by molar-refractivity contribution is 7.16. The predicted octanol–water partition coefficient (Wildman–Crippen LogP) is 1.71. The molecule has 7 heteroatoms. The molecule has 1 saturated carbocycles. The van der Waals surface area contributed by atoms with Gasteiger partial charge < -0.3 is 15.5 Å². The number of nitrogens with one attached hydrogen (secondary N) is 2. The van der Waals surface area contributed by atoms with Crippen molar-refractivity contribution in [2.75, 3.05) is 11.9 Å². The van der Waals surface area contributed by atoms with E-state index in [0.717, 1.165) is 17.7 Å². The highest BCUT2D eigenvalue weighted by atomic mass is 32.1. The van der Waals surface area contributed by atoms with Crippen molar-refractivity contribution in [2.45, 2.75) is 32.2 Å². The zero-order chi connectivity index (χ0) is 14.2. The monoisotopic (exact) mass is 284 g/mol. The van der Waals surface area contributed by atoms with Crippen LogP contribution < -0.4 is 10.6 Å². The summed E-state index contributed by atoms with van der Waals surface area (Å²) < 4.78 is 0. The summed E-state index contributed by atoms with van der Waals surface area (Å²) in [6.07, 6.45) is 1.48. The number of hydrogen-bond acceptors (Lipinski definition) is 4. The SMILES string of the molecule is Cc1sc(NC(=O)NC2(CO)CC2)c(C(=O)O)c1C. The van der Waals surface area contributed by atoms with Gasteiger partial charge in [-0.1, -0.05) is 0 Å². The number of carboxylic acid groups (broad SMARTS) is 1. The lowest BCUT2D eigenvalue weighted by Gasteiger charge is -2.14. The maximum atomic E-state index is 11.8. The van der Waals surface area contributed by atoms with Crippen molar-refractivity contribution in [3.63, 3.8) is 0 Å². The summed E-state index contributed by atoms with van der Waals surface area (Å²) in [5.41, 5.74) is 0.275. The number of aliphatic hydroxyl groups excluding tert-OH is 1. The lowest BCUT2D eigenvalue weighted by Crippen LogP contribution is -2.42. The number of hydrogen-bond donors (Lipinski definition) is 4. The van der Waals surface area contributed by atoms with Gasteiger partial charge in [-0.25, -0.2) is 9.59 Å². The van der Waals surface area contributed by atoms with Gasteiger partial charge in [0.2, 0.25) is 0 Å². The number of aryl methyl sites for hydroxylation is 1. The van der Waals surface area contributed by atoms with Gasteiger partial charge in [-0.05, 0) is 32.3 Å². The molecule has 1 aromatic rings. The summed E-state index contributed by atoms with van der Waals surface area (Å²) in [6, 6.07) is -0.477. The molecule has 2 amide bonds. The molecule has 1 aromatic heterocycles. The Morgan fingerprint density at radius 3 is 2.47 bits per heavy atom. The average molecular weight is 284 g/mol. The summed E-state index contributed by atoms with van der Waals surface area (Å²) in [5.74, 6) is -1.06. The minimum absolute atomic E-state index is 0.102. The van der Waals surface area contributed by atoms with Crippen molar-refractivity contribution in [2.24, 2.45) is 0 Å². The number of anilines is 1. The van der Waals surface area contributed by atoms with Crippen LogP contribution in [0.25, 0.3) is 0 Å². The summed E-state index contributed by atoms with van der Waals surface area (Å²) in [5, 5.41) is 23.8. The number of carboxylic acids is 1. The third-order valence-corrected chi connectivity index (χ3v) is 4.48. The molecule has 1 aliphatic carbocycles. The second-order valence-corrected chi connectivity index (χ2v) is 6.03.